The highest BCUT2D eigenvalue weighted by molar-refractivity contribution is 7.11. The van der Waals surface area contributed by atoms with Crippen molar-refractivity contribution in [2.75, 3.05) is 6.54 Å². The summed E-state index contributed by atoms with van der Waals surface area (Å²) in [5.41, 5.74) is 6.83. The fraction of sp³-hybridized carbons (Fsp3) is 0.235. The normalized spacial score (nSPS) is 9.81. The van der Waals surface area contributed by atoms with Gasteiger partial charge in [0.15, 0.2) is 0 Å². The van der Waals surface area contributed by atoms with Gasteiger partial charge >= 0.3 is 0 Å². The van der Waals surface area contributed by atoms with E-state index in [0.717, 1.165) is 12.0 Å². The Labute approximate surface area is 129 Å². The summed E-state index contributed by atoms with van der Waals surface area (Å²) >= 11 is 1.74. The second-order valence-electron chi connectivity index (χ2n) is 4.49. The maximum Gasteiger partial charge on any atom is 0.251 e. The van der Waals surface area contributed by atoms with E-state index in [0.29, 0.717) is 18.7 Å². The number of benzene rings is 1. The van der Waals surface area contributed by atoms with Crippen molar-refractivity contribution in [2.45, 2.75) is 19.9 Å². The van der Waals surface area contributed by atoms with E-state index in [1.54, 1.807) is 23.5 Å². The van der Waals surface area contributed by atoms with E-state index in [2.05, 4.69) is 36.2 Å². The Balaban J connectivity index is 1.93. The highest BCUT2D eigenvalue weighted by Crippen LogP contribution is 2.16. The number of nitrogens with two attached hydrogens (primary N) is 1. The number of amides is 1. The molecule has 0 saturated heterocycles. The number of carbonyl (C=O) groups is 1. The van der Waals surface area contributed by atoms with Crippen molar-refractivity contribution in [1.29, 1.82) is 0 Å². The van der Waals surface area contributed by atoms with Crippen molar-refractivity contribution >= 4 is 17.2 Å². The number of nitrogens with one attached hydrogen (secondary N) is 1. The Kier molecular flexibility index (Phi) is 5.56. The third kappa shape index (κ3) is 4.45. The summed E-state index contributed by atoms with van der Waals surface area (Å²) in [7, 11) is 0. The number of hydrogen-bond donors (Lipinski definition) is 2. The van der Waals surface area contributed by atoms with Crippen molar-refractivity contribution in [3.63, 3.8) is 0 Å². The van der Waals surface area contributed by atoms with Gasteiger partial charge in [0.25, 0.3) is 5.91 Å². The van der Waals surface area contributed by atoms with Gasteiger partial charge in [0.05, 0.1) is 13.1 Å². The van der Waals surface area contributed by atoms with Crippen LogP contribution in [0.5, 0.6) is 0 Å². The van der Waals surface area contributed by atoms with Gasteiger partial charge in [-0.3, -0.25) is 4.79 Å². The zero-order valence-electron chi connectivity index (χ0n) is 12.0. The maximum atomic E-state index is 12.1. The number of aryl methyl sites for hydroxylation is 1. The topological polar surface area (TPSA) is 55.1 Å². The van der Waals surface area contributed by atoms with Gasteiger partial charge in [-0.2, -0.15) is 0 Å². The molecule has 21 heavy (non-hydrogen) atoms. The van der Waals surface area contributed by atoms with E-state index >= 15 is 0 Å². The predicted octanol–water partition coefficient (Wildman–Crippen LogP) is 2.55. The molecular formula is C17H18N2OS. The Bertz CT molecular complexity index is 662. The first-order valence-electron chi connectivity index (χ1n) is 6.87. The van der Waals surface area contributed by atoms with E-state index in [9.17, 15) is 4.79 Å². The van der Waals surface area contributed by atoms with Gasteiger partial charge in [0.2, 0.25) is 0 Å². The SMILES string of the molecule is CCc1ccc(CNC(=O)c2ccc(C#CCN)cc2)s1. The fourth-order valence-corrected chi connectivity index (χ4v) is 2.73. The Hall–Kier alpha value is -2.09. The molecule has 0 bridgehead atoms. The molecule has 0 fully saturated rings. The van der Waals surface area contributed by atoms with E-state index in [1.807, 2.05) is 12.1 Å². The van der Waals surface area contributed by atoms with E-state index < -0.39 is 0 Å². The molecule has 0 aliphatic rings. The lowest BCUT2D eigenvalue weighted by atomic mass is 10.1. The van der Waals surface area contributed by atoms with Crippen LogP contribution in [0, 0.1) is 11.8 Å². The molecule has 0 unspecified atom stereocenters. The molecule has 0 saturated carbocycles. The van der Waals surface area contributed by atoms with E-state index in [4.69, 9.17) is 5.73 Å². The predicted molar refractivity (Wildman–Crippen MR) is 87.2 cm³/mol. The van der Waals surface area contributed by atoms with Crippen LogP contribution in [0.25, 0.3) is 0 Å². The van der Waals surface area contributed by atoms with Crippen LogP contribution in [0.15, 0.2) is 36.4 Å². The summed E-state index contributed by atoms with van der Waals surface area (Å²) in [6.45, 7) is 3.03. The molecule has 1 amide bonds. The van der Waals surface area contributed by atoms with Gasteiger partial charge in [0.1, 0.15) is 0 Å². The van der Waals surface area contributed by atoms with Crippen LogP contribution in [0.4, 0.5) is 0 Å². The number of thiophene rings is 1. The summed E-state index contributed by atoms with van der Waals surface area (Å²) in [5.74, 6) is 5.65. The summed E-state index contributed by atoms with van der Waals surface area (Å²) in [4.78, 5) is 14.6. The smallest absolute Gasteiger partial charge is 0.251 e. The summed E-state index contributed by atoms with van der Waals surface area (Å²) in [5, 5.41) is 2.93. The molecule has 2 aromatic rings. The lowest BCUT2D eigenvalue weighted by Crippen LogP contribution is -2.22. The molecule has 1 aromatic carbocycles. The van der Waals surface area contributed by atoms with Crippen molar-refractivity contribution in [3.05, 3.63) is 57.3 Å². The molecule has 2 rings (SSSR count). The molecule has 0 radical (unpaired) electrons. The van der Waals surface area contributed by atoms with Crippen molar-refractivity contribution < 1.29 is 4.79 Å². The van der Waals surface area contributed by atoms with E-state index in [1.165, 1.54) is 9.75 Å². The molecule has 0 spiro atoms. The summed E-state index contributed by atoms with van der Waals surface area (Å²) in [6.07, 6.45) is 1.03. The zero-order chi connectivity index (χ0) is 15.1. The molecule has 0 atom stereocenters. The molecule has 1 heterocycles. The third-order valence-corrected chi connectivity index (χ3v) is 4.20. The van der Waals surface area contributed by atoms with Crippen LogP contribution in [0.1, 0.15) is 32.6 Å². The van der Waals surface area contributed by atoms with Gasteiger partial charge in [-0.1, -0.05) is 18.8 Å². The van der Waals surface area contributed by atoms with Gasteiger partial charge in [-0.25, -0.2) is 0 Å². The van der Waals surface area contributed by atoms with Crippen LogP contribution >= 0.6 is 11.3 Å². The largest absolute Gasteiger partial charge is 0.347 e. The first kappa shape index (κ1) is 15.3. The van der Waals surface area contributed by atoms with Crippen LogP contribution in [-0.2, 0) is 13.0 Å². The summed E-state index contributed by atoms with van der Waals surface area (Å²) in [6, 6.07) is 11.4. The molecule has 3 N–H and O–H groups in total. The standard InChI is InChI=1S/C17H18N2OS/c1-2-15-9-10-16(21-15)12-19-17(20)14-7-5-13(6-8-14)4-3-11-18/h5-10H,2,11-12,18H2,1H3,(H,19,20). The van der Waals surface area contributed by atoms with Crippen molar-refractivity contribution in [3.8, 4) is 11.8 Å². The minimum Gasteiger partial charge on any atom is -0.347 e. The Morgan fingerprint density at radius 3 is 2.52 bits per heavy atom. The second kappa shape index (κ2) is 7.63. The van der Waals surface area contributed by atoms with Crippen molar-refractivity contribution in [2.24, 2.45) is 5.73 Å². The second-order valence-corrected chi connectivity index (χ2v) is 5.74. The average molecular weight is 298 g/mol. The number of carbonyl (C=O) groups excluding carboxylic acids is 1. The first-order chi connectivity index (χ1) is 10.2. The Morgan fingerprint density at radius 1 is 1.19 bits per heavy atom. The molecule has 0 aliphatic carbocycles. The average Bonchev–Trinajstić information content (AvgIpc) is 2.99. The van der Waals surface area contributed by atoms with Gasteiger partial charge < -0.3 is 11.1 Å². The number of hydrogen-bond acceptors (Lipinski definition) is 3. The first-order valence-corrected chi connectivity index (χ1v) is 7.69. The molecule has 4 heteroatoms. The minimum atomic E-state index is -0.0696. The van der Waals surface area contributed by atoms with E-state index in [-0.39, 0.29) is 5.91 Å². The highest BCUT2D eigenvalue weighted by atomic mass is 32.1. The maximum absolute atomic E-state index is 12.1. The quantitative estimate of drug-likeness (QED) is 0.852. The highest BCUT2D eigenvalue weighted by Gasteiger charge is 2.06. The third-order valence-electron chi connectivity index (χ3n) is 2.97. The zero-order valence-corrected chi connectivity index (χ0v) is 12.8. The molecular weight excluding hydrogens is 280 g/mol. The van der Waals surface area contributed by atoms with Gasteiger partial charge in [0, 0.05) is 20.9 Å². The van der Waals surface area contributed by atoms with Crippen LogP contribution in [0.3, 0.4) is 0 Å². The monoisotopic (exact) mass is 298 g/mol. The molecule has 3 nitrogen and oxygen atoms in total. The fourth-order valence-electron chi connectivity index (χ4n) is 1.83. The lowest BCUT2D eigenvalue weighted by Gasteiger charge is -2.03. The van der Waals surface area contributed by atoms with Crippen molar-refractivity contribution in [1.82, 2.24) is 5.32 Å². The van der Waals surface area contributed by atoms with Crippen LogP contribution < -0.4 is 11.1 Å². The lowest BCUT2D eigenvalue weighted by molar-refractivity contribution is 0.0951. The summed E-state index contributed by atoms with van der Waals surface area (Å²) < 4.78 is 0. The molecule has 1 aromatic heterocycles. The minimum absolute atomic E-state index is 0.0696. The van der Waals surface area contributed by atoms with Crippen LogP contribution in [-0.4, -0.2) is 12.5 Å². The molecule has 0 aliphatic heterocycles. The van der Waals surface area contributed by atoms with Gasteiger partial charge in [-0.05, 0) is 42.8 Å². The Morgan fingerprint density at radius 2 is 1.90 bits per heavy atom. The number of rotatable bonds is 4. The molecule has 108 valence electrons. The van der Waals surface area contributed by atoms with Crippen LogP contribution in [0.2, 0.25) is 0 Å². The van der Waals surface area contributed by atoms with Gasteiger partial charge in [-0.15, -0.1) is 11.3 Å².